The smallest absolute Gasteiger partial charge is 0.228 e. The Morgan fingerprint density at radius 2 is 2.00 bits per heavy atom. The van der Waals surface area contributed by atoms with Gasteiger partial charge < -0.3 is 19.3 Å². The molecule has 1 aromatic heterocycles. The fourth-order valence-electron chi connectivity index (χ4n) is 2.23. The molecule has 122 valence electrons. The first-order valence-electron chi connectivity index (χ1n) is 7.58. The minimum Gasteiger partial charge on any atom is -0.383 e. The molecule has 1 aromatic rings. The molecule has 6 nitrogen and oxygen atoms in total. The third kappa shape index (κ3) is 5.73. The van der Waals surface area contributed by atoms with Crippen LogP contribution in [0.5, 0.6) is 0 Å². The van der Waals surface area contributed by atoms with Crippen LogP contribution >= 0.6 is 0 Å². The summed E-state index contributed by atoms with van der Waals surface area (Å²) in [6, 6.07) is 0.175. The highest BCUT2D eigenvalue weighted by Crippen LogP contribution is 2.34. The maximum atomic E-state index is 5.78. The highest BCUT2D eigenvalue weighted by Gasteiger charge is 2.31. The Kier molecular flexibility index (Phi) is 7.28. The molecule has 0 aromatic carbocycles. The van der Waals surface area contributed by atoms with Crippen molar-refractivity contribution in [1.82, 2.24) is 15.5 Å². The second kappa shape index (κ2) is 8.46. The maximum absolute atomic E-state index is 5.78. The lowest BCUT2D eigenvalue weighted by atomic mass is 9.88. The predicted molar refractivity (Wildman–Crippen MR) is 81.2 cm³/mol. The summed E-state index contributed by atoms with van der Waals surface area (Å²) in [6.45, 7) is 12.5. The number of nitrogens with zero attached hydrogens (tertiary/aromatic N) is 2. The zero-order valence-corrected chi connectivity index (χ0v) is 14.1. The van der Waals surface area contributed by atoms with E-state index in [9.17, 15) is 0 Å². The summed E-state index contributed by atoms with van der Waals surface area (Å²) in [5, 5.41) is 7.44. The van der Waals surface area contributed by atoms with Gasteiger partial charge in [0, 0.05) is 26.2 Å². The summed E-state index contributed by atoms with van der Waals surface area (Å²) < 4.78 is 16.4. The minimum absolute atomic E-state index is 0.0786. The fourth-order valence-corrected chi connectivity index (χ4v) is 2.23. The van der Waals surface area contributed by atoms with Crippen LogP contribution in [0.1, 0.15) is 52.4 Å². The van der Waals surface area contributed by atoms with Crippen molar-refractivity contribution in [3.8, 4) is 0 Å². The van der Waals surface area contributed by atoms with E-state index in [0.29, 0.717) is 31.3 Å². The molecule has 0 aliphatic rings. The van der Waals surface area contributed by atoms with Gasteiger partial charge in [-0.1, -0.05) is 32.9 Å². The molecule has 0 aliphatic carbocycles. The summed E-state index contributed by atoms with van der Waals surface area (Å²) >= 11 is 0. The van der Waals surface area contributed by atoms with Gasteiger partial charge in [-0.2, -0.15) is 4.98 Å². The summed E-state index contributed by atoms with van der Waals surface area (Å²) in [6.07, 6.45) is 0.484. The van der Waals surface area contributed by atoms with Crippen molar-refractivity contribution in [2.45, 2.75) is 53.2 Å². The van der Waals surface area contributed by atoms with Crippen LogP contribution < -0.4 is 5.32 Å². The number of hydrogen-bond acceptors (Lipinski definition) is 6. The van der Waals surface area contributed by atoms with Crippen molar-refractivity contribution in [1.29, 1.82) is 0 Å². The third-order valence-electron chi connectivity index (χ3n) is 3.12. The summed E-state index contributed by atoms with van der Waals surface area (Å²) in [5.41, 5.74) is -0.0786. The van der Waals surface area contributed by atoms with Crippen LogP contribution in [0, 0.1) is 5.41 Å². The van der Waals surface area contributed by atoms with Gasteiger partial charge in [-0.15, -0.1) is 0 Å². The molecular weight excluding hydrogens is 270 g/mol. The quantitative estimate of drug-likeness (QED) is 0.755. The number of likely N-dealkylation sites (N-methyl/N-ethyl adjacent to an activating group) is 1. The second-order valence-electron chi connectivity index (χ2n) is 6.16. The Morgan fingerprint density at radius 1 is 1.29 bits per heavy atom. The van der Waals surface area contributed by atoms with E-state index in [0.717, 1.165) is 6.54 Å². The molecule has 0 spiro atoms. The van der Waals surface area contributed by atoms with Crippen LogP contribution in [0.4, 0.5) is 0 Å². The van der Waals surface area contributed by atoms with E-state index in [1.807, 2.05) is 6.92 Å². The van der Waals surface area contributed by atoms with Gasteiger partial charge in [-0.3, -0.25) is 0 Å². The van der Waals surface area contributed by atoms with Gasteiger partial charge in [-0.05, 0) is 18.9 Å². The van der Waals surface area contributed by atoms with Crippen molar-refractivity contribution in [3.63, 3.8) is 0 Å². The van der Waals surface area contributed by atoms with Gasteiger partial charge in [0.1, 0.15) is 6.10 Å². The van der Waals surface area contributed by atoms with E-state index in [1.165, 1.54) is 0 Å². The summed E-state index contributed by atoms with van der Waals surface area (Å²) in [7, 11) is 1.69. The number of rotatable bonds is 9. The first kappa shape index (κ1) is 18.1. The monoisotopic (exact) mass is 299 g/mol. The van der Waals surface area contributed by atoms with Crippen LogP contribution in [0.3, 0.4) is 0 Å². The molecule has 1 rings (SSSR count). The Morgan fingerprint density at radius 3 is 2.52 bits per heavy atom. The molecule has 0 radical (unpaired) electrons. The van der Waals surface area contributed by atoms with E-state index in [-0.39, 0.29) is 17.6 Å². The molecule has 2 atom stereocenters. The molecular formula is C15H29N3O3. The minimum atomic E-state index is -0.167. The topological polar surface area (TPSA) is 69.4 Å². The number of methoxy groups -OCH3 is 1. The first-order valence-corrected chi connectivity index (χ1v) is 7.58. The molecule has 2 unspecified atom stereocenters. The molecule has 0 aliphatic heterocycles. The molecule has 1 heterocycles. The van der Waals surface area contributed by atoms with Crippen molar-refractivity contribution < 1.29 is 14.0 Å². The van der Waals surface area contributed by atoms with Crippen molar-refractivity contribution in [2.75, 3.05) is 26.9 Å². The Balaban J connectivity index is 2.78. The molecule has 0 amide bonds. The van der Waals surface area contributed by atoms with Crippen molar-refractivity contribution in [2.24, 2.45) is 5.41 Å². The fraction of sp³-hybridized carbons (Fsp3) is 0.867. The van der Waals surface area contributed by atoms with Crippen molar-refractivity contribution >= 4 is 0 Å². The van der Waals surface area contributed by atoms with E-state index < -0.39 is 0 Å². The van der Waals surface area contributed by atoms with E-state index >= 15 is 0 Å². The Bertz CT molecular complexity index is 395. The van der Waals surface area contributed by atoms with Gasteiger partial charge in [-0.25, -0.2) is 0 Å². The van der Waals surface area contributed by atoms with E-state index in [4.69, 9.17) is 14.0 Å². The lowest BCUT2D eigenvalue weighted by Gasteiger charge is -2.27. The molecule has 21 heavy (non-hydrogen) atoms. The van der Waals surface area contributed by atoms with Gasteiger partial charge >= 0.3 is 0 Å². The number of ether oxygens (including phenoxy) is 2. The number of nitrogens with one attached hydrogen (secondary N) is 1. The number of hydrogen-bond donors (Lipinski definition) is 1. The summed E-state index contributed by atoms with van der Waals surface area (Å²) in [5.74, 6) is 1.23. The van der Waals surface area contributed by atoms with Crippen LogP contribution in [0.2, 0.25) is 0 Å². The Hall–Kier alpha value is -0.980. The average molecular weight is 299 g/mol. The van der Waals surface area contributed by atoms with Crippen LogP contribution in [-0.2, 0) is 15.9 Å². The molecule has 0 saturated carbocycles. The van der Waals surface area contributed by atoms with Crippen LogP contribution in [0.15, 0.2) is 4.52 Å². The predicted octanol–water partition coefficient (Wildman–Crippen LogP) is 2.36. The van der Waals surface area contributed by atoms with Crippen LogP contribution in [-0.4, -0.2) is 43.1 Å². The molecule has 0 fully saturated rings. The van der Waals surface area contributed by atoms with Gasteiger partial charge in [0.2, 0.25) is 11.7 Å². The standard InChI is InChI=1S/C15H29N3O3/c1-7-16-11(10-19-6)9-12-17-14(18-21-12)13(20-8-2)15(3,4)5/h11,13,16H,7-10H2,1-6H3. The highest BCUT2D eigenvalue weighted by molar-refractivity contribution is 4.97. The maximum Gasteiger partial charge on any atom is 0.228 e. The summed E-state index contributed by atoms with van der Waals surface area (Å²) in [4.78, 5) is 4.50. The zero-order chi connectivity index (χ0) is 15.9. The van der Waals surface area contributed by atoms with Gasteiger partial charge in [0.25, 0.3) is 0 Å². The number of aromatic nitrogens is 2. The zero-order valence-electron chi connectivity index (χ0n) is 14.1. The van der Waals surface area contributed by atoms with E-state index in [2.05, 4.69) is 43.2 Å². The molecule has 0 bridgehead atoms. The normalized spacial score (nSPS) is 15.1. The highest BCUT2D eigenvalue weighted by atomic mass is 16.5. The lowest BCUT2D eigenvalue weighted by Crippen LogP contribution is -2.35. The molecule has 6 heteroatoms. The third-order valence-corrected chi connectivity index (χ3v) is 3.12. The molecule has 1 N–H and O–H groups in total. The Labute approximate surface area is 127 Å². The van der Waals surface area contributed by atoms with Crippen LogP contribution in [0.25, 0.3) is 0 Å². The lowest BCUT2D eigenvalue weighted by molar-refractivity contribution is -0.0203. The average Bonchev–Trinajstić information content (AvgIpc) is 2.83. The van der Waals surface area contributed by atoms with Crippen molar-refractivity contribution in [3.05, 3.63) is 11.7 Å². The second-order valence-corrected chi connectivity index (χ2v) is 6.16. The van der Waals surface area contributed by atoms with Gasteiger partial charge in [0.15, 0.2) is 0 Å². The van der Waals surface area contributed by atoms with Gasteiger partial charge in [0.05, 0.1) is 6.61 Å². The van der Waals surface area contributed by atoms with E-state index in [1.54, 1.807) is 7.11 Å². The SMILES string of the molecule is CCNC(COC)Cc1nc(C(OCC)C(C)(C)C)no1. The largest absolute Gasteiger partial charge is 0.383 e. The first-order chi connectivity index (χ1) is 9.92. The molecule has 0 saturated heterocycles.